The Labute approximate surface area is 147 Å². The van der Waals surface area contributed by atoms with Crippen LogP contribution in [0.2, 0.25) is 0 Å². The Bertz CT molecular complexity index is 615. The highest BCUT2D eigenvalue weighted by Gasteiger charge is 2.50. The van der Waals surface area contributed by atoms with Crippen molar-refractivity contribution in [3.8, 4) is 0 Å². The number of fused-ring (bicyclic) bond motifs is 1. The van der Waals surface area contributed by atoms with Crippen LogP contribution >= 0.6 is 0 Å². The van der Waals surface area contributed by atoms with Crippen molar-refractivity contribution in [3.05, 3.63) is 22.6 Å². The molecular formula is C19H28O4S. The Morgan fingerprint density at radius 3 is 2.58 bits per heavy atom. The van der Waals surface area contributed by atoms with Crippen molar-refractivity contribution in [1.82, 2.24) is 0 Å². The Balaban J connectivity index is 2.11. The van der Waals surface area contributed by atoms with Gasteiger partial charge in [-0.1, -0.05) is 19.4 Å². The van der Waals surface area contributed by atoms with E-state index in [0.717, 1.165) is 30.4 Å². The maximum Gasteiger partial charge on any atom is 0.331 e. The lowest BCUT2D eigenvalue weighted by molar-refractivity contribution is -0.151. The van der Waals surface area contributed by atoms with Gasteiger partial charge in [0.1, 0.15) is 6.10 Å². The first-order valence-electron chi connectivity index (χ1n) is 8.54. The minimum Gasteiger partial charge on any atom is -0.459 e. The van der Waals surface area contributed by atoms with E-state index in [1.165, 1.54) is 17.7 Å². The van der Waals surface area contributed by atoms with E-state index in [0.29, 0.717) is 12.3 Å². The summed E-state index contributed by atoms with van der Waals surface area (Å²) < 4.78 is 16.6. The van der Waals surface area contributed by atoms with Gasteiger partial charge in [-0.15, -0.1) is 0 Å². The van der Waals surface area contributed by atoms with E-state index < -0.39 is 16.8 Å². The number of hydrogen-bond donors (Lipinski definition) is 0. The summed E-state index contributed by atoms with van der Waals surface area (Å²) in [6.45, 7) is 8.50. The van der Waals surface area contributed by atoms with Gasteiger partial charge in [0.2, 0.25) is 0 Å². The first kappa shape index (κ1) is 19.1. The fourth-order valence-electron chi connectivity index (χ4n) is 4.12. The highest BCUT2D eigenvalue weighted by Crippen LogP contribution is 2.54. The molecule has 5 heteroatoms. The fourth-order valence-corrected chi connectivity index (χ4v) is 4.42. The number of esters is 1. The molecule has 0 amide bonds. The summed E-state index contributed by atoms with van der Waals surface area (Å²) in [6, 6.07) is 0. The highest BCUT2D eigenvalue weighted by atomic mass is 32.2. The lowest BCUT2D eigenvalue weighted by atomic mass is 9.54. The molecule has 2 saturated carbocycles. The van der Waals surface area contributed by atoms with Crippen LogP contribution in [0.5, 0.6) is 0 Å². The van der Waals surface area contributed by atoms with Gasteiger partial charge < -0.3 is 4.74 Å². The predicted octanol–water partition coefficient (Wildman–Crippen LogP) is 3.54. The zero-order valence-corrected chi connectivity index (χ0v) is 16.1. The van der Waals surface area contributed by atoms with E-state index in [-0.39, 0.29) is 23.2 Å². The molecule has 0 N–H and O–H groups in total. The van der Waals surface area contributed by atoms with Gasteiger partial charge in [0.05, 0.1) is 0 Å². The molecule has 2 rings (SSSR count). The third-order valence-corrected chi connectivity index (χ3v) is 6.35. The average molecular weight is 352 g/mol. The normalized spacial score (nSPS) is 34.8. The van der Waals surface area contributed by atoms with Crippen LogP contribution in [0.4, 0.5) is 0 Å². The van der Waals surface area contributed by atoms with Gasteiger partial charge >= 0.3 is 5.97 Å². The maximum absolute atomic E-state index is 12.4. The monoisotopic (exact) mass is 352 g/mol. The number of carbonyl (C=O) groups excluding carboxylic acids is 2. The lowest BCUT2D eigenvalue weighted by Gasteiger charge is -2.51. The van der Waals surface area contributed by atoms with Crippen LogP contribution in [0, 0.1) is 17.3 Å². The summed E-state index contributed by atoms with van der Waals surface area (Å²) in [5.74, 6) is 0.427. The summed E-state index contributed by atoms with van der Waals surface area (Å²) in [4.78, 5) is 24.3. The summed E-state index contributed by atoms with van der Waals surface area (Å²) in [6.07, 6.45) is 5.50. The second-order valence-corrected chi connectivity index (χ2v) is 8.99. The molecule has 2 aliphatic carbocycles. The van der Waals surface area contributed by atoms with E-state index in [1.807, 2.05) is 13.8 Å². The molecule has 2 aliphatic rings. The van der Waals surface area contributed by atoms with Crippen molar-refractivity contribution in [3.63, 3.8) is 0 Å². The molecule has 0 unspecified atom stereocenters. The molecule has 5 atom stereocenters. The molecule has 0 aliphatic heterocycles. The first-order chi connectivity index (χ1) is 11.1. The van der Waals surface area contributed by atoms with Crippen LogP contribution in [0.25, 0.3) is 0 Å². The van der Waals surface area contributed by atoms with Crippen LogP contribution in [0.15, 0.2) is 22.6 Å². The van der Waals surface area contributed by atoms with Gasteiger partial charge in [0, 0.05) is 35.0 Å². The molecule has 0 bridgehead atoms. The molecule has 0 spiro atoms. The summed E-state index contributed by atoms with van der Waals surface area (Å²) in [5, 5.41) is 1.34. The smallest absolute Gasteiger partial charge is 0.331 e. The summed E-state index contributed by atoms with van der Waals surface area (Å²) in [7, 11) is -1.16. The second kappa shape index (κ2) is 7.34. The standard InChI is InChI=1S/C19H28O4S/c1-12(2)16-11-19(4)13(3)8-15(9-14(19)10-17(16)20)23-18(21)6-7-24(5)22/h6-7,13-15H,8-11H2,1-5H3/b7-6-/t13-,14+,15+,19+,24-/m0/s1. The predicted molar refractivity (Wildman–Crippen MR) is 95.7 cm³/mol. The zero-order chi connectivity index (χ0) is 18.1. The van der Waals surface area contributed by atoms with Crippen molar-refractivity contribution in [1.29, 1.82) is 0 Å². The second-order valence-electron chi connectivity index (χ2n) is 7.72. The van der Waals surface area contributed by atoms with Gasteiger partial charge in [0.15, 0.2) is 5.78 Å². The molecule has 2 fully saturated rings. The molecule has 4 nitrogen and oxygen atoms in total. The Hall–Kier alpha value is -1.23. The minimum atomic E-state index is -1.16. The molecule has 24 heavy (non-hydrogen) atoms. The van der Waals surface area contributed by atoms with Gasteiger partial charge in [-0.3, -0.25) is 9.00 Å². The van der Waals surface area contributed by atoms with Crippen molar-refractivity contribution in [2.75, 3.05) is 6.26 Å². The number of hydrogen-bond acceptors (Lipinski definition) is 4. The molecule has 134 valence electrons. The number of Topliss-reactive ketones (excluding diaryl/α,β-unsaturated/α-hetero) is 1. The molecule has 0 radical (unpaired) electrons. The molecular weight excluding hydrogens is 324 g/mol. The van der Waals surface area contributed by atoms with Gasteiger partial charge in [-0.05, 0) is 55.9 Å². The number of ether oxygens (including phenoxy) is 1. The van der Waals surface area contributed by atoms with Crippen molar-refractivity contribution in [2.45, 2.75) is 59.5 Å². The Morgan fingerprint density at radius 2 is 2.00 bits per heavy atom. The van der Waals surface area contributed by atoms with Gasteiger partial charge in [0.25, 0.3) is 0 Å². The van der Waals surface area contributed by atoms with E-state index in [1.54, 1.807) is 0 Å². The van der Waals surface area contributed by atoms with E-state index >= 15 is 0 Å². The zero-order valence-electron chi connectivity index (χ0n) is 15.3. The fraction of sp³-hybridized carbons (Fsp3) is 0.684. The Morgan fingerprint density at radius 1 is 1.33 bits per heavy atom. The minimum absolute atomic E-state index is 0.0875. The number of rotatable bonds is 3. The van der Waals surface area contributed by atoms with Gasteiger partial charge in [-0.25, -0.2) is 4.79 Å². The summed E-state index contributed by atoms with van der Waals surface area (Å²) >= 11 is 0. The Kier molecular flexibility index (Phi) is 5.84. The SMILES string of the molecule is CC(C)=C1C[C@@]2(C)[C@@H](CC1=O)C[C@H](OC(=O)/C=C\[S@](C)=O)C[C@@H]2C. The van der Waals surface area contributed by atoms with Crippen LogP contribution in [0.3, 0.4) is 0 Å². The van der Waals surface area contributed by atoms with E-state index in [9.17, 15) is 13.8 Å². The average Bonchev–Trinajstić information content (AvgIpc) is 2.47. The van der Waals surface area contributed by atoms with Crippen LogP contribution in [-0.2, 0) is 25.1 Å². The lowest BCUT2D eigenvalue weighted by Crippen LogP contribution is -2.47. The first-order valence-corrected chi connectivity index (χ1v) is 10.2. The third kappa shape index (κ3) is 4.05. The van der Waals surface area contributed by atoms with Gasteiger partial charge in [-0.2, -0.15) is 0 Å². The number of ketones is 1. The van der Waals surface area contributed by atoms with Crippen LogP contribution < -0.4 is 0 Å². The van der Waals surface area contributed by atoms with Crippen LogP contribution in [0.1, 0.15) is 53.4 Å². The summed E-state index contributed by atoms with van der Waals surface area (Å²) in [5.41, 5.74) is 2.20. The molecule has 0 aromatic rings. The van der Waals surface area contributed by atoms with Crippen LogP contribution in [-0.4, -0.2) is 28.3 Å². The topological polar surface area (TPSA) is 60.4 Å². The molecule has 0 aromatic carbocycles. The quantitative estimate of drug-likeness (QED) is 0.576. The molecule has 0 saturated heterocycles. The molecule has 0 aromatic heterocycles. The number of carbonyl (C=O) groups is 2. The third-order valence-electron chi connectivity index (χ3n) is 5.83. The number of allylic oxidation sites excluding steroid dienone is 2. The van der Waals surface area contributed by atoms with E-state index in [2.05, 4.69) is 13.8 Å². The largest absolute Gasteiger partial charge is 0.459 e. The van der Waals surface area contributed by atoms with Crippen molar-refractivity contribution < 1.29 is 18.5 Å². The molecule has 0 heterocycles. The van der Waals surface area contributed by atoms with Crippen molar-refractivity contribution >= 4 is 22.6 Å². The van der Waals surface area contributed by atoms with Crippen molar-refractivity contribution in [2.24, 2.45) is 17.3 Å². The van der Waals surface area contributed by atoms with E-state index in [4.69, 9.17) is 4.74 Å². The highest BCUT2D eigenvalue weighted by molar-refractivity contribution is 7.87. The maximum atomic E-state index is 12.4.